The van der Waals surface area contributed by atoms with Gasteiger partial charge in [0.2, 0.25) is 5.78 Å². The Labute approximate surface area is 149 Å². The minimum Gasteiger partial charge on any atom is -0.302 e. The van der Waals surface area contributed by atoms with E-state index in [-0.39, 0.29) is 21.0 Å². The fraction of sp³-hybridized carbons (Fsp3) is 0.333. The second-order valence-electron chi connectivity index (χ2n) is 5.19. The molecule has 9 heteroatoms. The highest BCUT2D eigenvalue weighted by atomic mass is 35.5. The van der Waals surface area contributed by atoms with Gasteiger partial charge in [-0.05, 0) is 23.4 Å². The quantitative estimate of drug-likeness (QED) is 0.766. The van der Waals surface area contributed by atoms with Gasteiger partial charge in [0.15, 0.2) is 9.84 Å². The van der Waals surface area contributed by atoms with Gasteiger partial charge in [-0.3, -0.25) is 14.3 Å². The Morgan fingerprint density at radius 3 is 2.50 bits per heavy atom. The average Bonchev–Trinajstić information content (AvgIpc) is 2.84. The van der Waals surface area contributed by atoms with Gasteiger partial charge in [0, 0.05) is 30.8 Å². The third-order valence-electron chi connectivity index (χ3n) is 3.48. The lowest BCUT2D eigenvalue weighted by Gasteiger charge is -2.12. The van der Waals surface area contributed by atoms with Crippen molar-refractivity contribution in [3.63, 3.8) is 0 Å². The molecule has 0 amide bonds. The number of aryl methyl sites for hydroxylation is 1. The van der Waals surface area contributed by atoms with Crippen molar-refractivity contribution in [2.45, 2.75) is 17.6 Å². The smallest absolute Gasteiger partial charge is 0.277 e. The van der Waals surface area contributed by atoms with Crippen LogP contribution in [0.25, 0.3) is 0 Å². The van der Waals surface area contributed by atoms with E-state index in [1.807, 2.05) is 6.92 Å². The molecule has 24 heavy (non-hydrogen) atoms. The van der Waals surface area contributed by atoms with Gasteiger partial charge in [-0.15, -0.1) is 0 Å². The number of sulfone groups is 1. The number of hydrogen-bond acceptors (Lipinski definition) is 5. The minimum absolute atomic E-state index is 0.0411. The molecule has 0 unspecified atom stereocenters. The Hall–Kier alpha value is -1.51. The van der Waals surface area contributed by atoms with E-state index >= 15 is 0 Å². The van der Waals surface area contributed by atoms with Crippen molar-refractivity contribution in [3.8, 4) is 0 Å². The summed E-state index contributed by atoms with van der Waals surface area (Å²) in [5.41, 5.74) is 0.00466. The van der Waals surface area contributed by atoms with E-state index in [0.29, 0.717) is 11.3 Å². The molecule has 1 aromatic heterocycles. The van der Waals surface area contributed by atoms with Crippen molar-refractivity contribution in [1.29, 1.82) is 0 Å². The molecule has 130 valence electrons. The van der Waals surface area contributed by atoms with E-state index in [9.17, 15) is 18.0 Å². The van der Waals surface area contributed by atoms with Gasteiger partial charge in [0.25, 0.3) is 5.56 Å². The predicted octanol–water partition coefficient (Wildman–Crippen LogP) is 2.25. The van der Waals surface area contributed by atoms with Crippen molar-refractivity contribution in [2.75, 3.05) is 12.0 Å². The number of rotatable bonds is 6. The Morgan fingerprint density at radius 2 is 2.00 bits per heavy atom. The van der Waals surface area contributed by atoms with E-state index < -0.39 is 21.2 Å². The normalized spacial score (nSPS) is 11.7. The van der Waals surface area contributed by atoms with Crippen molar-refractivity contribution in [2.24, 2.45) is 7.05 Å². The second kappa shape index (κ2) is 7.16. The molecule has 0 saturated carbocycles. The maximum atomic E-state index is 12.6. The number of H-pyrrole nitrogens is 1. The molecular weight excluding hydrogens is 372 g/mol. The van der Waals surface area contributed by atoms with Gasteiger partial charge in [-0.1, -0.05) is 18.5 Å². The zero-order chi connectivity index (χ0) is 18.1. The first-order valence-electron chi connectivity index (χ1n) is 7.06. The average molecular weight is 389 g/mol. The maximum Gasteiger partial charge on any atom is 0.277 e. The van der Waals surface area contributed by atoms with Crippen LogP contribution in [0.15, 0.2) is 28.0 Å². The zero-order valence-corrected chi connectivity index (χ0v) is 15.8. The van der Waals surface area contributed by atoms with Gasteiger partial charge in [0.1, 0.15) is 5.56 Å². The number of nitrogens with zero attached hydrogens (tertiary/aromatic N) is 1. The van der Waals surface area contributed by atoms with E-state index in [4.69, 9.17) is 11.6 Å². The number of aromatic nitrogens is 2. The molecule has 0 spiro atoms. The number of aromatic amines is 1. The van der Waals surface area contributed by atoms with Crippen molar-refractivity contribution < 1.29 is 13.2 Å². The number of ketones is 1. The molecule has 2 rings (SSSR count). The molecule has 1 N–H and O–H groups in total. The lowest BCUT2D eigenvalue weighted by atomic mass is 10.0. The number of carbonyl (C=O) groups excluding carboxylic acids is 1. The first-order valence-corrected chi connectivity index (χ1v) is 10.5. The Balaban J connectivity index is 2.62. The van der Waals surface area contributed by atoms with Crippen LogP contribution in [0.1, 0.15) is 28.4 Å². The molecule has 0 saturated heterocycles. The summed E-state index contributed by atoms with van der Waals surface area (Å²) in [6.07, 6.45) is 2.41. The largest absolute Gasteiger partial charge is 0.302 e. The zero-order valence-electron chi connectivity index (χ0n) is 13.4. The summed E-state index contributed by atoms with van der Waals surface area (Å²) in [7, 11) is -1.98. The highest BCUT2D eigenvalue weighted by Crippen LogP contribution is 2.32. The van der Waals surface area contributed by atoms with Gasteiger partial charge >= 0.3 is 0 Å². The number of hydrogen-bond donors (Lipinski definition) is 1. The number of benzene rings is 1. The summed E-state index contributed by atoms with van der Waals surface area (Å²) in [6, 6.07) is 2.73. The first-order chi connectivity index (χ1) is 11.2. The van der Waals surface area contributed by atoms with Crippen LogP contribution < -0.4 is 5.56 Å². The summed E-state index contributed by atoms with van der Waals surface area (Å²) in [5.74, 6) is 0.602. The minimum atomic E-state index is -3.48. The van der Waals surface area contributed by atoms with Crippen LogP contribution >= 0.6 is 23.4 Å². The molecular formula is C15H17ClN2O4S2. The molecule has 0 radical (unpaired) electrons. The van der Waals surface area contributed by atoms with E-state index in [1.165, 1.54) is 41.8 Å². The Kier molecular flexibility index (Phi) is 5.62. The Morgan fingerprint density at radius 1 is 1.33 bits per heavy atom. The van der Waals surface area contributed by atoms with Gasteiger partial charge in [0.05, 0.1) is 9.92 Å². The van der Waals surface area contributed by atoms with Gasteiger partial charge in [-0.2, -0.15) is 11.8 Å². The van der Waals surface area contributed by atoms with Crippen LogP contribution in [0.2, 0.25) is 5.02 Å². The molecule has 1 heterocycles. The summed E-state index contributed by atoms with van der Waals surface area (Å²) in [5, 5.41) is 2.71. The number of carbonyl (C=O) groups is 1. The molecule has 0 aliphatic carbocycles. The molecule has 1 aromatic carbocycles. The fourth-order valence-electron chi connectivity index (χ4n) is 2.24. The molecule has 0 aliphatic rings. The number of thioether (sulfide) groups is 1. The topological polar surface area (TPSA) is 89.0 Å². The predicted molar refractivity (Wildman–Crippen MR) is 95.9 cm³/mol. The maximum absolute atomic E-state index is 12.6. The standard InChI is InChI=1S/C15H17ClN2O4S2/c1-4-23-8-11-12(24(3,21)22)6-5-9(13(11)16)14(19)10-7-17-18(2)15(10)20/h5-7,17H,4,8H2,1-3H3. The van der Waals surface area contributed by atoms with E-state index in [1.54, 1.807) is 0 Å². The lowest BCUT2D eigenvalue weighted by molar-refractivity contribution is 0.103. The van der Waals surface area contributed by atoms with Gasteiger partial charge < -0.3 is 5.10 Å². The van der Waals surface area contributed by atoms with E-state index in [2.05, 4.69) is 5.10 Å². The van der Waals surface area contributed by atoms with Crippen LogP contribution in [-0.4, -0.2) is 36.0 Å². The molecule has 0 atom stereocenters. The monoisotopic (exact) mass is 388 g/mol. The van der Waals surface area contributed by atoms with E-state index in [0.717, 1.165) is 12.0 Å². The third kappa shape index (κ3) is 3.60. The molecule has 6 nitrogen and oxygen atoms in total. The molecule has 2 aromatic rings. The molecule has 0 fully saturated rings. The van der Waals surface area contributed by atoms with Crippen molar-refractivity contribution in [3.05, 3.63) is 50.4 Å². The number of halogens is 1. The summed E-state index contributed by atoms with van der Waals surface area (Å²) in [6.45, 7) is 1.94. The Bertz CT molecular complexity index is 945. The van der Waals surface area contributed by atoms with Crippen LogP contribution in [-0.2, 0) is 22.6 Å². The number of nitrogens with one attached hydrogen (secondary N) is 1. The first kappa shape index (κ1) is 18.8. The summed E-state index contributed by atoms with van der Waals surface area (Å²) in [4.78, 5) is 24.7. The van der Waals surface area contributed by atoms with Gasteiger partial charge in [-0.25, -0.2) is 8.42 Å². The lowest BCUT2D eigenvalue weighted by Crippen LogP contribution is -2.19. The van der Waals surface area contributed by atoms with Crippen molar-refractivity contribution in [1.82, 2.24) is 9.78 Å². The highest BCUT2D eigenvalue weighted by molar-refractivity contribution is 7.98. The van der Waals surface area contributed by atoms with Crippen LogP contribution in [0, 0.1) is 0 Å². The molecule has 0 aliphatic heterocycles. The second-order valence-corrected chi connectivity index (χ2v) is 8.83. The fourth-order valence-corrected chi connectivity index (χ4v) is 4.42. The van der Waals surface area contributed by atoms with Crippen LogP contribution in [0.4, 0.5) is 0 Å². The SMILES string of the molecule is CCSCc1c(S(C)(=O)=O)ccc(C(=O)c2c[nH]n(C)c2=O)c1Cl. The van der Waals surface area contributed by atoms with Crippen molar-refractivity contribution >= 4 is 39.0 Å². The van der Waals surface area contributed by atoms with Crippen LogP contribution in [0.5, 0.6) is 0 Å². The molecule has 0 bridgehead atoms. The third-order valence-corrected chi connectivity index (χ3v) is 5.99. The summed E-state index contributed by atoms with van der Waals surface area (Å²) < 4.78 is 25.1. The summed E-state index contributed by atoms with van der Waals surface area (Å²) >= 11 is 7.84. The highest BCUT2D eigenvalue weighted by Gasteiger charge is 2.24. The van der Waals surface area contributed by atoms with Crippen LogP contribution in [0.3, 0.4) is 0 Å².